The Morgan fingerprint density at radius 2 is 2.25 bits per heavy atom. The molecule has 1 amide bonds. The van der Waals surface area contributed by atoms with Gasteiger partial charge in [0.05, 0.1) is 6.04 Å². The van der Waals surface area contributed by atoms with Crippen LogP contribution in [0.5, 0.6) is 0 Å². The van der Waals surface area contributed by atoms with Crippen LogP contribution in [0.15, 0.2) is 0 Å². The first-order valence-corrected chi connectivity index (χ1v) is 5.29. The summed E-state index contributed by atoms with van der Waals surface area (Å²) in [5.74, 6) is -0.0159. The normalized spacial score (nSPS) is 23.3. The van der Waals surface area contributed by atoms with Crippen LogP contribution in [0, 0.1) is 0 Å². The Hall–Kier alpha value is -0.940. The zero-order chi connectivity index (χ0) is 11.4. The van der Waals surface area contributed by atoms with E-state index in [1.165, 1.54) is 6.92 Å². The number of rotatable bonds is 3. The fourth-order valence-corrected chi connectivity index (χ4v) is 1.69. The second kappa shape index (κ2) is 6.60. The van der Waals surface area contributed by atoms with Crippen LogP contribution in [0.2, 0.25) is 0 Å². The van der Waals surface area contributed by atoms with Crippen molar-refractivity contribution in [2.24, 2.45) is 0 Å². The summed E-state index contributed by atoms with van der Waals surface area (Å²) < 4.78 is 0. The molecule has 0 aromatic heterocycles. The summed E-state index contributed by atoms with van der Waals surface area (Å²) in [5.41, 5.74) is 0. The van der Waals surface area contributed by atoms with Crippen LogP contribution in [0.3, 0.4) is 0 Å². The second-order valence-corrected chi connectivity index (χ2v) is 3.85. The van der Waals surface area contributed by atoms with E-state index in [9.17, 15) is 9.59 Å². The SMILES string of the molecule is C.CNC1NCCCN(C(C)C(C)=O)C1=O. The molecule has 0 saturated carbocycles. The lowest BCUT2D eigenvalue weighted by Gasteiger charge is -2.28. The topological polar surface area (TPSA) is 61.4 Å². The highest BCUT2D eigenvalue weighted by Gasteiger charge is 2.30. The smallest absolute Gasteiger partial charge is 0.255 e. The van der Waals surface area contributed by atoms with Crippen molar-refractivity contribution in [3.63, 3.8) is 0 Å². The van der Waals surface area contributed by atoms with E-state index in [4.69, 9.17) is 0 Å². The van der Waals surface area contributed by atoms with Gasteiger partial charge in [-0.25, -0.2) is 0 Å². The minimum Gasteiger partial charge on any atom is -0.330 e. The monoisotopic (exact) mass is 229 g/mol. The molecule has 0 bridgehead atoms. The highest BCUT2D eigenvalue weighted by atomic mass is 16.2. The molecule has 5 nitrogen and oxygen atoms in total. The van der Waals surface area contributed by atoms with Crippen LogP contribution in [0.1, 0.15) is 27.7 Å². The van der Waals surface area contributed by atoms with Crippen molar-refractivity contribution < 1.29 is 9.59 Å². The van der Waals surface area contributed by atoms with Crippen LogP contribution >= 0.6 is 0 Å². The third kappa shape index (κ3) is 3.28. The van der Waals surface area contributed by atoms with Gasteiger partial charge < -0.3 is 4.90 Å². The van der Waals surface area contributed by atoms with Crippen molar-refractivity contribution in [3.05, 3.63) is 0 Å². The van der Waals surface area contributed by atoms with E-state index < -0.39 is 0 Å². The van der Waals surface area contributed by atoms with E-state index in [1.807, 2.05) is 0 Å². The molecular weight excluding hydrogens is 206 g/mol. The van der Waals surface area contributed by atoms with Gasteiger partial charge in [-0.2, -0.15) is 0 Å². The molecule has 2 N–H and O–H groups in total. The van der Waals surface area contributed by atoms with Gasteiger partial charge in [-0.3, -0.25) is 20.2 Å². The van der Waals surface area contributed by atoms with Gasteiger partial charge in [0.25, 0.3) is 5.91 Å². The highest BCUT2D eigenvalue weighted by Crippen LogP contribution is 2.07. The number of ketones is 1. The maximum Gasteiger partial charge on any atom is 0.255 e. The lowest BCUT2D eigenvalue weighted by Crippen LogP contribution is -2.54. The van der Waals surface area contributed by atoms with E-state index in [1.54, 1.807) is 18.9 Å². The minimum absolute atomic E-state index is 0. The second-order valence-electron chi connectivity index (χ2n) is 3.85. The molecule has 1 aliphatic rings. The van der Waals surface area contributed by atoms with Crippen LogP contribution in [-0.2, 0) is 9.59 Å². The van der Waals surface area contributed by atoms with Gasteiger partial charge in [0.1, 0.15) is 6.17 Å². The number of nitrogens with zero attached hydrogens (tertiary/aromatic N) is 1. The Morgan fingerprint density at radius 3 is 2.75 bits per heavy atom. The van der Waals surface area contributed by atoms with E-state index in [0.717, 1.165) is 13.0 Å². The molecule has 1 fully saturated rings. The molecule has 1 rings (SSSR count). The van der Waals surface area contributed by atoms with Crippen molar-refractivity contribution in [2.75, 3.05) is 20.1 Å². The van der Waals surface area contributed by atoms with Crippen LogP contribution in [0.4, 0.5) is 0 Å². The van der Waals surface area contributed by atoms with Crippen LogP contribution < -0.4 is 10.6 Å². The fourth-order valence-electron chi connectivity index (χ4n) is 1.69. The number of hydrogen-bond donors (Lipinski definition) is 2. The zero-order valence-electron chi connectivity index (χ0n) is 9.54. The lowest BCUT2D eigenvalue weighted by atomic mass is 10.2. The first-order valence-electron chi connectivity index (χ1n) is 5.29. The Balaban J connectivity index is 0.00000225. The molecule has 94 valence electrons. The summed E-state index contributed by atoms with van der Waals surface area (Å²) in [4.78, 5) is 24.9. The van der Waals surface area contributed by atoms with Crippen molar-refractivity contribution in [1.82, 2.24) is 15.5 Å². The first kappa shape index (κ1) is 15.1. The van der Waals surface area contributed by atoms with Gasteiger partial charge in [-0.15, -0.1) is 0 Å². The van der Waals surface area contributed by atoms with E-state index in [-0.39, 0.29) is 31.3 Å². The standard InChI is InChI=1S/C10H19N3O2.CH4/c1-7(8(2)14)13-6-4-5-12-9(11-3)10(13)15;/h7,9,11-12H,4-6H2,1-3H3;1H4. The Kier molecular flexibility index (Phi) is 6.21. The summed E-state index contributed by atoms with van der Waals surface area (Å²) in [6, 6.07) is -0.326. The first-order chi connectivity index (χ1) is 7.07. The van der Waals surface area contributed by atoms with Gasteiger partial charge in [0, 0.05) is 6.54 Å². The van der Waals surface area contributed by atoms with Crippen LogP contribution in [0.25, 0.3) is 0 Å². The molecule has 0 spiro atoms. The third-order valence-corrected chi connectivity index (χ3v) is 2.80. The van der Waals surface area contributed by atoms with Crippen molar-refractivity contribution in [3.8, 4) is 0 Å². The predicted octanol–water partition coefficient (Wildman–Crippen LogP) is -0.0326. The highest BCUT2D eigenvalue weighted by molar-refractivity contribution is 5.89. The number of amides is 1. The summed E-state index contributed by atoms with van der Waals surface area (Å²) in [6.45, 7) is 4.73. The van der Waals surface area contributed by atoms with Gasteiger partial charge in [0.15, 0.2) is 5.78 Å². The summed E-state index contributed by atoms with van der Waals surface area (Å²) >= 11 is 0. The molecule has 0 aliphatic carbocycles. The quantitative estimate of drug-likeness (QED) is 0.713. The molecule has 1 aliphatic heterocycles. The number of hydrogen-bond acceptors (Lipinski definition) is 4. The summed E-state index contributed by atoms with van der Waals surface area (Å²) in [5, 5.41) is 6.00. The molecule has 1 saturated heterocycles. The largest absolute Gasteiger partial charge is 0.330 e. The molecule has 16 heavy (non-hydrogen) atoms. The number of nitrogens with one attached hydrogen (secondary N) is 2. The fraction of sp³-hybridized carbons (Fsp3) is 0.818. The zero-order valence-corrected chi connectivity index (χ0v) is 9.54. The predicted molar refractivity (Wildman–Crippen MR) is 64.1 cm³/mol. The van der Waals surface area contributed by atoms with Gasteiger partial charge in [-0.05, 0) is 33.9 Å². The van der Waals surface area contributed by atoms with Gasteiger partial charge in [-0.1, -0.05) is 7.43 Å². The number of carbonyl (C=O) groups is 2. The molecule has 0 aromatic rings. The van der Waals surface area contributed by atoms with Crippen LogP contribution in [-0.4, -0.2) is 48.9 Å². The Bertz CT molecular complexity index is 256. The molecule has 5 heteroatoms. The average Bonchev–Trinajstić information content (AvgIpc) is 2.39. The molecule has 2 atom stereocenters. The maximum absolute atomic E-state index is 12.0. The van der Waals surface area contributed by atoms with E-state index in [0.29, 0.717) is 6.54 Å². The molecule has 0 radical (unpaired) electrons. The Morgan fingerprint density at radius 1 is 1.62 bits per heavy atom. The summed E-state index contributed by atoms with van der Waals surface area (Å²) in [6.07, 6.45) is 0.510. The van der Waals surface area contributed by atoms with Gasteiger partial charge in [0.2, 0.25) is 0 Å². The minimum atomic E-state index is -0.366. The molecule has 1 heterocycles. The number of Topliss-reactive ketones (excluding diaryl/α,β-unsaturated/α-hetero) is 1. The van der Waals surface area contributed by atoms with Crippen molar-refractivity contribution >= 4 is 11.7 Å². The number of likely N-dealkylation sites (N-methyl/N-ethyl adjacent to an activating group) is 1. The van der Waals surface area contributed by atoms with Crippen molar-refractivity contribution in [2.45, 2.75) is 39.9 Å². The Labute approximate surface area is 97.6 Å². The van der Waals surface area contributed by atoms with Crippen molar-refractivity contribution in [1.29, 1.82) is 0 Å². The van der Waals surface area contributed by atoms with E-state index >= 15 is 0 Å². The molecule has 2 unspecified atom stereocenters. The maximum atomic E-state index is 12.0. The third-order valence-electron chi connectivity index (χ3n) is 2.80. The van der Waals surface area contributed by atoms with E-state index in [2.05, 4.69) is 10.6 Å². The average molecular weight is 229 g/mol. The summed E-state index contributed by atoms with van der Waals surface area (Å²) in [7, 11) is 1.73. The number of carbonyl (C=O) groups excluding carboxylic acids is 2. The lowest BCUT2D eigenvalue weighted by molar-refractivity contribution is -0.139. The van der Waals surface area contributed by atoms with Gasteiger partial charge >= 0.3 is 0 Å². The molecular formula is C11H23N3O2. The molecule has 0 aromatic carbocycles.